The zero-order valence-electron chi connectivity index (χ0n) is 11.5. The van der Waals surface area contributed by atoms with Gasteiger partial charge in [-0.3, -0.25) is 0 Å². The number of benzene rings is 1. The van der Waals surface area contributed by atoms with Gasteiger partial charge in [0.2, 0.25) is 0 Å². The van der Waals surface area contributed by atoms with Gasteiger partial charge in [0, 0.05) is 30.1 Å². The first-order chi connectivity index (χ1) is 9.00. The lowest BCUT2D eigenvalue weighted by molar-refractivity contribution is 0.195. The molecule has 0 aliphatic heterocycles. The topological polar surface area (TPSA) is 21.3 Å². The average Bonchev–Trinajstić information content (AvgIpc) is 2.39. The zero-order valence-corrected chi connectivity index (χ0v) is 13.1. The van der Waals surface area contributed by atoms with E-state index in [2.05, 4.69) is 34.7 Å². The van der Waals surface area contributed by atoms with Gasteiger partial charge in [-0.05, 0) is 30.2 Å². The van der Waals surface area contributed by atoms with Gasteiger partial charge in [-0.2, -0.15) is 0 Å². The summed E-state index contributed by atoms with van der Waals surface area (Å²) in [6, 6.07) is 5.02. The molecule has 0 bridgehead atoms. The standard InChI is InChI=1S/C15H21BrFNO/c1-4-15(2,11-18-7-8-19-3)10-12-9-13(16)5-6-14(12)17/h4-6,9,18H,1,7-8,10-11H2,2-3H3. The monoisotopic (exact) mass is 329 g/mol. The van der Waals surface area contributed by atoms with Crippen molar-refractivity contribution in [3.63, 3.8) is 0 Å². The number of halogens is 2. The lowest BCUT2D eigenvalue weighted by Gasteiger charge is -2.26. The summed E-state index contributed by atoms with van der Waals surface area (Å²) in [7, 11) is 1.67. The van der Waals surface area contributed by atoms with Crippen molar-refractivity contribution >= 4 is 15.9 Å². The molecular weight excluding hydrogens is 309 g/mol. The van der Waals surface area contributed by atoms with E-state index in [0.717, 1.165) is 17.6 Å². The van der Waals surface area contributed by atoms with Crippen molar-refractivity contribution in [1.82, 2.24) is 5.32 Å². The van der Waals surface area contributed by atoms with Crippen LogP contribution in [0.4, 0.5) is 4.39 Å². The summed E-state index contributed by atoms with van der Waals surface area (Å²) in [6.07, 6.45) is 2.49. The molecule has 1 aromatic carbocycles. The lowest BCUT2D eigenvalue weighted by atomic mass is 9.83. The Kier molecular flexibility index (Phi) is 6.69. The number of hydrogen-bond acceptors (Lipinski definition) is 2. The first-order valence-electron chi connectivity index (χ1n) is 6.28. The van der Waals surface area contributed by atoms with Crippen LogP contribution in [-0.4, -0.2) is 26.8 Å². The molecule has 1 N–H and O–H groups in total. The Morgan fingerprint density at radius 2 is 2.26 bits per heavy atom. The van der Waals surface area contributed by atoms with E-state index in [0.29, 0.717) is 18.6 Å². The van der Waals surface area contributed by atoms with Crippen molar-refractivity contribution in [3.8, 4) is 0 Å². The van der Waals surface area contributed by atoms with Crippen molar-refractivity contribution < 1.29 is 9.13 Å². The van der Waals surface area contributed by atoms with E-state index >= 15 is 0 Å². The van der Waals surface area contributed by atoms with E-state index in [9.17, 15) is 4.39 Å². The Hall–Kier alpha value is -0.710. The predicted octanol–water partition coefficient (Wildman–Crippen LogP) is 3.56. The van der Waals surface area contributed by atoms with Gasteiger partial charge in [0.15, 0.2) is 0 Å². The highest BCUT2D eigenvalue weighted by Crippen LogP contribution is 2.26. The molecule has 0 amide bonds. The van der Waals surface area contributed by atoms with Gasteiger partial charge < -0.3 is 10.1 Å². The maximum Gasteiger partial charge on any atom is 0.126 e. The Labute approximate surface area is 123 Å². The second-order valence-corrected chi connectivity index (χ2v) is 5.86. The van der Waals surface area contributed by atoms with Crippen LogP contribution in [0, 0.1) is 11.2 Å². The first kappa shape index (κ1) is 16.3. The normalized spacial score (nSPS) is 14.1. The van der Waals surface area contributed by atoms with Crippen LogP contribution in [0.1, 0.15) is 12.5 Å². The highest BCUT2D eigenvalue weighted by atomic mass is 79.9. The van der Waals surface area contributed by atoms with Crippen molar-refractivity contribution in [2.45, 2.75) is 13.3 Å². The minimum atomic E-state index is -0.185. The number of methoxy groups -OCH3 is 1. The van der Waals surface area contributed by atoms with Crippen LogP contribution < -0.4 is 5.32 Å². The summed E-state index contributed by atoms with van der Waals surface area (Å²) in [5, 5.41) is 3.30. The van der Waals surface area contributed by atoms with Gasteiger partial charge in [-0.15, -0.1) is 6.58 Å². The quantitative estimate of drug-likeness (QED) is 0.581. The van der Waals surface area contributed by atoms with Gasteiger partial charge in [0.25, 0.3) is 0 Å². The molecule has 0 fully saturated rings. The zero-order chi connectivity index (χ0) is 14.3. The number of rotatable bonds is 8. The molecular formula is C15H21BrFNO. The molecule has 106 valence electrons. The molecule has 1 unspecified atom stereocenters. The van der Waals surface area contributed by atoms with E-state index in [1.165, 1.54) is 6.07 Å². The smallest absolute Gasteiger partial charge is 0.126 e. The summed E-state index contributed by atoms with van der Waals surface area (Å²) in [5.74, 6) is -0.173. The molecule has 1 rings (SSSR count). The molecule has 0 saturated carbocycles. The minimum absolute atomic E-state index is 0.173. The molecule has 1 atom stereocenters. The van der Waals surface area contributed by atoms with Gasteiger partial charge in [-0.1, -0.05) is 28.9 Å². The van der Waals surface area contributed by atoms with Crippen LogP contribution in [0.3, 0.4) is 0 Å². The van der Waals surface area contributed by atoms with E-state index in [1.54, 1.807) is 13.2 Å². The van der Waals surface area contributed by atoms with E-state index in [1.807, 2.05) is 12.1 Å². The summed E-state index contributed by atoms with van der Waals surface area (Å²) in [6.45, 7) is 8.13. The Morgan fingerprint density at radius 3 is 2.89 bits per heavy atom. The van der Waals surface area contributed by atoms with Crippen LogP contribution in [0.5, 0.6) is 0 Å². The fourth-order valence-corrected chi connectivity index (χ4v) is 2.28. The minimum Gasteiger partial charge on any atom is -0.383 e. The highest BCUT2D eigenvalue weighted by molar-refractivity contribution is 9.10. The average molecular weight is 330 g/mol. The summed E-state index contributed by atoms with van der Waals surface area (Å²) >= 11 is 3.37. The molecule has 0 spiro atoms. The van der Waals surface area contributed by atoms with Crippen LogP contribution in [0.15, 0.2) is 35.3 Å². The number of hydrogen-bond donors (Lipinski definition) is 1. The second kappa shape index (κ2) is 7.78. The van der Waals surface area contributed by atoms with Crippen LogP contribution in [-0.2, 0) is 11.2 Å². The van der Waals surface area contributed by atoms with Crippen molar-refractivity contribution in [2.24, 2.45) is 5.41 Å². The van der Waals surface area contributed by atoms with Gasteiger partial charge in [0.1, 0.15) is 5.82 Å². The molecule has 0 aliphatic carbocycles. The lowest BCUT2D eigenvalue weighted by Crippen LogP contribution is -2.34. The van der Waals surface area contributed by atoms with Crippen molar-refractivity contribution in [2.75, 3.05) is 26.8 Å². The fraction of sp³-hybridized carbons (Fsp3) is 0.467. The van der Waals surface area contributed by atoms with Crippen molar-refractivity contribution in [3.05, 3.63) is 46.7 Å². The molecule has 0 saturated heterocycles. The van der Waals surface area contributed by atoms with E-state index < -0.39 is 0 Å². The predicted molar refractivity (Wildman–Crippen MR) is 80.9 cm³/mol. The Balaban J connectivity index is 2.68. The second-order valence-electron chi connectivity index (χ2n) is 4.94. The summed E-state index contributed by atoms with van der Waals surface area (Å²) in [5.41, 5.74) is 0.514. The largest absolute Gasteiger partial charge is 0.383 e. The van der Waals surface area contributed by atoms with E-state index in [-0.39, 0.29) is 11.2 Å². The SMILES string of the molecule is C=CC(C)(CNCCOC)Cc1cc(Br)ccc1F. The van der Waals surface area contributed by atoms with Crippen LogP contribution in [0.2, 0.25) is 0 Å². The first-order valence-corrected chi connectivity index (χ1v) is 7.07. The van der Waals surface area contributed by atoms with Crippen LogP contribution in [0.25, 0.3) is 0 Å². The molecule has 0 aliphatic rings. The molecule has 1 aromatic rings. The maximum atomic E-state index is 13.8. The van der Waals surface area contributed by atoms with Crippen molar-refractivity contribution in [1.29, 1.82) is 0 Å². The summed E-state index contributed by atoms with van der Waals surface area (Å²) in [4.78, 5) is 0. The number of nitrogens with one attached hydrogen (secondary N) is 1. The third kappa shape index (κ3) is 5.43. The van der Waals surface area contributed by atoms with Crippen LogP contribution >= 0.6 is 15.9 Å². The van der Waals surface area contributed by atoms with Gasteiger partial charge >= 0.3 is 0 Å². The molecule has 0 heterocycles. The molecule has 4 heteroatoms. The molecule has 0 radical (unpaired) electrons. The Bertz CT molecular complexity index is 425. The highest BCUT2D eigenvalue weighted by Gasteiger charge is 2.22. The summed E-state index contributed by atoms with van der Waals surface area (Å²) < 4.78 is 19.7. The number of ether oxygens (including phenoxy) is 1. The van der Waals surface area contributed by atoms with Gasteiger partial charge in [-0.25, -0.2) is 4.39 Å². The third-order valence-electron chi connectivity index (χ3n) is 3.11. The van der Waals surface area contributed by atoms with Gasteiger partial charge in [0.05, 0.1) is 6.61 Å². The fourth-order valence-electron chi connectivity index (χ4n) is 1.87. The molecule has 2 nitrogen and oxygen atoms in total. The molecule has 19 heavy (non-hydrogen) atoms. The maximum absolute atomic E-state index is 13.8. The Morgan fingerprint density at radius 1 is 1.53 bits per heavy atom. The third-order valence-corrected chi connectivity index (χ3v) is 3.60. The van der Waals surface area contributed by atoms with E-state index in [4.69, 9.17) is 4.74 Å². The molecule has 0 aromatic heterocycles.